The Labute approximate surface area is 137 Å². The largest absolute Gasteiger partial charge is 0.329 e. The Morgan fingerprint density at radius 2 is 1.75 bits per heavy atom. The monoisotopic (exact) mass is 327 g/mol. The second-order valence-electron chi connectivity index (χ2n) is 5.30. The first-order chi connectivity index (χ1) is 11.5. The molecule has 0 aliphatic carbocycles. The molecule has 1 fully saturated rings. The van der Waals surface area contributed by atoms with Gasteiger partial charge in [-0.05, 0) is 42.0 Å². The second kappa shape index (κ2) is 6.49. The molecule has 3 rings (SSSR count). The predicted octanol–water partition coefficient (Wildman–Crippen LogP) is 2.13. The number of rotatable bonds is 4. The molecule has 7 heteroatoms. The summed E-state index contributed by atoms with van der Waals surface area (Å²) in [6.07, 6.45) is 0. The van der Waals surface area contributed by atoms with Crippen molar-refractivity contribution in [2.24, 2.45) is 0 Å². The predicted molar refractivity (Wildman–Crippen MR) is 84.7 cm³/mol. The molecule has 2 N–H and O–H groups in total. The third-order valence-electron chi connectivity index (χ3n) is 3.60. The number of nitrogens with zero attached hydrogens (tertiary/aromatic N) is 1. The molecule has 2 aromatic carbocycles. The van der Waals surface area contributed by atoms with E-state index in [4.69, 9.17) is 0 Å². The van der Waals surface area contributed by atoms with Gasteiger partial charge in [0.2, 0.25) is 5.91 Å². The molecule has 0 atom stereocenters. The lowest BCUT2D eigenvalue weighted by Gasteiger charge is -2.12. The fourth-order valence-corrected chi connectivity index (χ4v) is 2.30. The van der Waals surface area contributed by atoms with Gasteiger partial charge < -0.3 is 10.6 Å². The van der Waals surface area contributed by atoms with E-state index < -0.39 is 6.03 Å². The van der Waals surface area contributed by atoms with Gasteiger partial charge >= 0.3 is 6.03 Å². The molecule has 6 nitrogen and oxygen atoms in total. The van der Waals surface area contributed by atoms with E-state index in [1.807, 2.05) is 0 Å². The highest BCUT2D eigenvalue weighted by atomic mass is 19.1. The SMILES string of the molecule is O=C(Nc1ccc(F)cc1)c1ccc(CN2C(=O)CNC2=O)cc1. The maximum atomic E-state index is 12.8. The van der Waals surface area contributed by atoms with Crippen molar-refractivity contribution < 1.29 is 18.8 Å². The van der Waals surface area contributed by atoms with E-state index in [9.17, 15) is 18.8 Å². The van der Waals surface area contributed by atoms with Crippen LogP contribution in [0.25, 0.3) is 0 Å². The van der Waals surface area contributed by atoms with Crippen molar-refractivity contribution in [2.45, 2.75) is 6.54 Å². The van der Waals surface area contributed by atoms with Crippen LogP contribution in [0.5, 0.6) is 0 Å². The molecule has 122 valence electrons. The van der Waals surface area contributed by atoms with E-state index in [0.717, 1.165) is 10.5 Å². The first-order valence-corrected chi connectivity index (χ1v) is 7.27. The second-order valence-corrected chi connectivity index (χ2v) is 5.30. The van der Waals surface area contributed by atoms with Gasteiger partial charge in [-0.1, -0.05) is 12.1 Å². The Morgan fingerprint density at radius 1 is 1.08 bits per heavy atom. The molecular formula is C17H14FN3O3. The topological polar surface area (TPSA) is 78.5 Å². The minimum atomic E-state index is -0.418. The van der Waals surface area contributed by atoms with Gasteiger partial charge in [-0.2, -0.15) is 0 Å². The molecule has 24 heavy (non-hydrogen) atoms. The average molecular weight is 327 g/mol. The lowest BCUT2D eigenvalue weighted by molar-refractivity contribution is -0.125. The lowest BCUT2D eigenvalue weighted by Crippen LogP contribution is -2.30. The zero-order valence-corrected chi connectivity index (χ0v) is 12.6. The number of hydrogen-bond acceptors (Lipinski definition) is 3. The quantitative estimate of drug-likeness (QED) is 0.845. The van der Waals surface area contributed by atoms with Gasteiger partial charge in [-0.3, -0.25) is 14.5 Å². The number of anilines is 1. The maximum absolute atomic E-state index is 12.8. The van der Waals surface area contributed by atoms with E-state index in [2.05, 4.69) is 10.6 Å². The molecule has 1 saturated heterocycles. The Bertz CT molecular complexity index is 772. The van der Waals surface area contributed by atoms with Gasteiger partial charge in [0, 0.05) is 11.3 Å². The highest BCUT2D eigenvalue weighted by Crippen LogP contribution is 2.13. The van der Waals surface area contributed by atoms with Crippen molar-refractivity contribution in [2.75, 3.05) is 11.9 Å². The van der Waals surface area contributed by atoms with Crippen molar-refractivity contribution in [1.82, 2.24) is 10.2 Å². The minimum Gasteiger partial charge on any atom is -0.329 e. The first-order valence-electron chi connectivity index (χ1n) is 7.27. The van der Waals surface area contributed by atoms with Crippen LogP contribution >= 0.6 is 0 Å². The van der Waals surface area contributed by atoms with Gasteiger partial charge in [0.05, 0.1) is 13.1 Å². The molecule has 0 radical (unpaired) electrons. The number of imide groups is 1. The summed E-state index contributed by atoms with van der Waals surface area (Å²) >= 11 is 0. The summed E-state index contributed by atoms with van der Waals surface area (Å²) in [6.45, 7) is 0.168. The number of nitrogens with one attached hydrogen (secondary N) is 2. The lowest BCUT2D eigenvalue weighted by atomic mass is 10.1. The van der Waals surface area contributed by atoms with Gasteiger partial charge in [-0.15, -0.1) is 0 Å². The maximum Gasteiger partial charge on any atom is 0.324 e. The van der Waals surface area contributed by atoms with Crippen LogP contribution in [0, 0.1) is 5.82 Å². The summed E-state index contributed by atoms with van der Waals surface area (Å²) in [7, 11) is 0. The molecule has 0 saturated carbocycles. The zero-order chi connectivity index (χ0) is 17.1. The summed E-state index contributed by atoms with van der Waals surface area (Å²) in [6, 6.07) is 11.6. The number of halogens is 1. The molecule has 1 aliphatic heterocycles. The fraction of sp³-hybridized carbons (Fsp3) is 0.118. The van der Waals surface area contributed by atoms with Crippen LogP contribution < -0.4 is 10.6 Å². The summed E-state index contributed by atoms with van der Waals surface area (Å²) in [4.78, 5) is 36.3. The number of urea groups is 1. The molecule has 1 heterocycles. The van der Waals surface area contributed by atoms with Crippen molar-refractivity contribution in [3.05, 3.63) is 65.5 Å². The Hall–Kier alpha value is -3.22. The van der Waals surface area contributed by atoms with Crippen molar-refractivity contribution in [3.63, 3.8) is 0 Å². The average Bonchev–Trinajstić information content (AvgIpc) is 2.89. The van der Waals surface area contributed by atoms with Crippen LogP contribution in [0.4, 0.5) is 14.9 Å². The number of hydrogen-bond donors (Lipinski definition) is 2. The van der Waals surface area contributed by atoms with E-state index in [1.165, 1.54) is 24.3 Å². The number of carbonyl (C=O) groups excluding carboxylic acids is 3. The smallest absolute Gasteiger partial charge is 0.324 e. The minimum absolute atomic E-state index is 0.0109. The standard InChI is InChI=1S/C17H14FN3O3/c18-13-5-7-14(8-6-13)20-16(23)12-3-1-11(2-4-12)10-21-15(22)9-19-17(21)24/h1-8H,9-10H2,(H,19,24)(H,20,23). The number of amides is 4. The number of carbonyl (C=O) groups is 3. The van der Waals surface area contributed by atoms with Gasteiger partial charge in [-0.25, -0.2) is 9.18 Å². The van der Waals surface area contributed by atoms with E-state index in [-0.39, 0.29) is 30.7 Å². The molecule has 0 bridgehead atoms. The van der Waals surface area contributed by atoms with Crippen LogP contribution in [-0.2, 0) is 11.3 Å². The summed E-state index contributed by atoms with van der Waals surface area (Å²) < 4.78 is 12.8. The third-order valence-corrected chi connectivity index (χ3v) is 3.60. The summed E-state index contributed by atoms with van der Waals surface area (Å²) in [5.41, 5.74) is 1.64. The molecule has 4 amide bonds. The normalized spacial score (nSPS) is 13.8. The van der Waals surface area contributed by atoms with Crippen LogP contribution in [0.15, 0.2) is 48.5 Å². The molecule has 1 aliphatic rings. The van der Waals surface area contributed by atoms with Crippen LogP contribution in [0.2, 0.25) is 0 Å². The highest BCUT2D eigenvalue weighted by molar-refractivity contribution is 6.04. The molecule has 0 unspecified atom stereocenters. The van der Waals surface area contributed by atoms with Crippen molar-refractivity contribution in [1.29, 1.82) is 0 Å². The van der Waals surface area contributed by atoms with Crippen LogP contribution in [0.3, 0.4) is 0 Å². The van der Waals surface area contributed by atoms with E-state index >= 15 is 0 Å². The Morgan fingerprint density at radius 3 is 2.33 bits per heavy atom. The van der Waals surface area contributed by atoms with Crippen molar-refractivity contribution >= 4 is 23.5 Å². The molecule has 0 aromatic heterocycles. The highest BCUT2D eigenvalue weighted by Gasteiger charge is 2.28. The fourth-order valence-electron chi connectivity index (χ4n) is 2.30. The van der Waals surface area contributed by atoms with Crippen molar-refractivity contribution in [3.8, 4) is 0 Å². The van der Waals surface area contributed by atoms with Gasteiger partial charge in [0.25, 0.3) is 5.91 Å². The summed E-state index contributed by atoms with van der Waals surface area (Å²) in [5.74, 6) is -0.987. The Balaban J connectivity index is 1.65. The van der Waals surface area contributed by atoms with Crippen LogP contribution in [0.1, 0.15) is 15.9 Å². The molecule has 0 spiro atoms. The third kappa shape index (κ3) is 3.40. The van der Waals surface area contributed by atoms with E-state index in [0.29, 0.717) is 11.3 Å². The Kier molecular flexibility index (Phi) is 4.24. The zero-order valence-electron chi connectivity index (χ0n) is 12.6. The molecular weight excluding hydrogens is 313 g/mol. The van der Waals surface area contributed by atoms with Crippen LogP contribution in [-0.4, -0.2) is 29.3 Å². The summed E-state index contributed by atoms with van der Waals surface area (Å²) in [5, 5.41) is 5.10. The van der Waals surface area contributed by atoms with Gasteiger partial charge in [0.15, 0.2) is 0 Å². The van der Waals surface area contributed by atoms with E-state index in [1.54, 1.807) is 24.3 Å². The van der Waals surface area contributed by atoms with Gasteiger partial charge in [0.1, 0.15) is 5.82 Å². The molecule has 2 aromatic rings. The first kappa shape index (κ1) is 15.7. The number of benzene rings is 2.